The van der Waals surface area contributed by atoms with Gasteiger partial charge in [-0.25, -0.2) is 4.39 Å². The smallest absolute Gasteiger partial charge is 0.260 e. The molecule has 1 heterocycles. The van der Waals surface area contributed by atoms with Crippen molar-refractivity contribution >= 4 is 11.6 Å². The molecule has 0 unspecified atom stereocenters. The molecule has 1 aromatic heterocycles. The summed E-state index contributed by atoms with van der Waals surface area (Å²) in [5.41, 5.74) is 4.52. The quantitative estimate of drug-likeness (QED) is 0.858. The van der Waals surface area contributed by atoms with Crippen LogP contribution in [0.3, 0.4) is 0 Å². The van der Waals surface area contributed by atoms with Crippen molar-refractivity contribution < 1.29 is 9.18 Å². The van der Waals surface area contributed by atoms with E-state index >= 15 is 0 Å². The van der Waals surface area contributed by atoms with Crippen molar-refractivity contribution in [2.24, 2.45) is 0 Å². The molecule has 0 aliphatic rings. The molecule has 0 bridgehead atoms. The third-order valence-corrected chi connectivity index (χ3v) is 4.44. The van der Waals surface area contributed by atoms with Gasteiger partial charge in [0.1, 0.15) is 5.82 Å². The summed E-state index contributed by atoms with van der Waals surface area (Å²) in [6.45, 7) is 9.40. The number of benzene rings is 1. The minimum Gasteiger partial charge on any atom is -0.321 e. The highest BCUT2D eigenvalue weighted by Gasteiger charge is 2.22. The summed E-state index contributed by atoms with van der Waals surface area (Å²) in [5.74, 6) is -0.880. The molecular weight excluding hydrogens is 303 g/mol. The Labute approximate surface area is 143 Å². The Kier molecular flexibility index (Phi) is 5.71. The van der Waals surface area contributed by atoms with Crippen LogP contribution in [-0.2, 0) is 19.3 Å². The van der Waals surface area contributed by atoms with E-state index in [0.29, 0.717) is 23.4 Å². The van der Waals surface area contributed by atoms with Crippen LogP contribution in [0.15, 0.2) is 18.2 Å². The number of amides is 1. The van der Waals surface area contributed by atoms with Crippen molar-refractivity contribution in [2.45, 2.75) is 53.9 Å². The number of anilines is 1. The third kappa shape index (κ3) is 3.32. The molecule has 2 rings (SSSR count). The van der Waals surface area contributed by atoms with E-state index in [2.05, 4.69) is 10.3 Å². The summed E-state index contributed by atoms with van der Waals surface area (Å²) < 4.78 is 14.8. The zero-order valence-electron chi connectivity index (χ0n) is 15.1. The van der Waals surface area contributed by atoms with Crippen LogP contribution in [0.4, 0.5) is 10.1 Å². The number of rotatable bonds is 5. The van der Waals surface area contributed by atoms with E-state index in [0.717, 1.165) is 29.7 Å². The molecule has 4 heteroatoms. The SMILES string of the molecule is CCc1cccc(CC)c1NC(=O)c1c(C)nc(C)c(CC)c1F. The Balaban J connectivity index is 2.49. The molecule has 2 aromatic rings. The highest BCUT2D eigenvalue weighted by molar-refractivity contribution is 6.06. The number of hydrogen-bond donors (Lipinski definition) is 1. The van der Waals surface area contributed by atoms with Gasteiger partial charge in [0.25, 0.3) is 5.91 Å². The molecule has 0 saturated carbocycles. The van der Waals surface area contributed by atoms with E-state index in [9.17, 15) is 9.18 Å². The molecule has 0 aliphatic carbocycles. The van der Waals surface area contributed by atoms with Crippen LogP contribution in [0.1, 0.15) is 59.2 Å². The third-order valence-electron chi connectivity index (χ3n) is 4.44. The fourth-order valence-electron chi connectivity index (χ4n) is 3.10. The largest absolute Gasteiger partial charge is 0.321 e. The first-order valence-corrected chi connectivity index (χ1v) is 8.52. The normalized spacial score (nSPS) is 10.8. The van der Waals surface area contributed by atoms with Gasteiger partial charge in [-0.1, -0.05) is 39.0 Å². The fourth-order valence-corrected chi connectivity index (χ4v) is 3.10. The van der Waals surface area contributed by atoms with Gasteiger partial charge in [-0.3, -0.25) is 9.78 Å². The van der Waals surface area contributed by atoms with Crippen molar-refractivity contribution in [3.05, 3.63) is 57.7 Å². The number of nitrogens with zero attached hydrogens (tertiary/aromatic N) is 1. The van der Waals surface area contributed by atoms with Crippen molar-refractivity contribution in [3.8, 4) is 0 Å². The molecule has 1 N–H and O–H groups in total. The second-order valence-electron chi connectivity index (χ2n) is 5.92. The molecule has 0 atom stereocenters. The standard InChI is InChI=1S/C20H25FN2O/c1-6-14-10-9-11-15(7-2)19(14)23-20(24)17-13(5)22-12(4)16(8-3)18(17)21/h9-11H,6-8H2,1-5H3,(H,23,24). The lowest BCUT2D eigenvalue weighted by molar-refractivity contribution is 0.102. The molecule has 1 aromatic carbocycles. The predicted molar refractivity (Wildman–Crippen MR) is 96.2 cm³/mol. The number of para-hydroxylation sites is 1. The van der Waals surface area contributed by atoms with Crippen LogP contribution in [0.5, 0.6) is 0 Å². The number of nitrogens with one attached hydrogen (secondary N) is 1. The Hall–Kier alpha value is -2.23. The maximum atomic E-state index is 14.8. The minimum atomic E-state index is -0.452. The zero-order valence-corrected chi connectivity index (χ0v) is 15.1. The predicted octanol–water partition coefficient (Wildman–Crippen LogP) is 4.78. The van der Waals surface area contributed by atoms with Crippen LogP contribution in [0.25, 0.3) is 0 Å². The molecule has 0 saturated heterocycles. The molecule has 3 nitrogen and oxygen atoms in total. The lowest BCUT2D eigenvalue weighted by atomic mass is 10.0. The van der Waals surface area contributed by atoms with Gasteiger partial charge in [0, 0.05) is 16.9 Å². The van der Waals surface area contributed by atoms with Crippen molar-refractivity contribution in [2.75, 3.05) is 5.32 Å². The van der Waals surface area contributed by atoms with Gasteiger partial charge in [0.05, 0.1) is 11.3 Å². The van der Waals surface area contributed by atoms with Crippen molar-refractivity contribution in [1.82, 2.24) is 4.98 Å². The van der Waals surface area contributed by atoms with Gasteiger partial charge in [-0.15, -0.1) is 0 Å². The van der Waals surface area contributed by atoms with E-state index in [1.807, 2.05) is 39.0 Å². The summed E-state index contributed by atoms with van der Waals surface area (Å²) in [4.78, 5) is 17.1. The van der Waals surface area contributed by atoms with Crippen LogP contribution in [-0.4, -0.2) is 10.9 Å². The lowest BCUT2D eigenvalue weighted by Crippen LogP contribution is -2.20. The van der Waals surface area contributed by atoms with Crippen molar-refractivity contribution in [1.29, 1.82) is 0 Å². The minimum absolute atomic E-state index is 0.0467. The molecule has 0 spiro atoms. The van der Waals surface area contributed by atoms with Crippen LogP contribution in [0, 0.1) is 19.7 Å². The molecule has 0 aliphatic heterocycles. The summed E-state index contributed by atoms with van der Waals surface area (Å²) in [6.07, 6.45) is 2.12. The second-order valence-corrected chi connectivity index (χ2v) is 5.92. The first-order chi connectivity index (χ1) is 11.4. The highest BCUT2D eigenvalue weighted by Crippen LogP contribution is 2.25. The number of pyridine rings is 1. The first kappa shape index (κ1) is 18.1. The van der Waals surface area contributed by atoms with E-state index in [1.165, 1.54) is 0 Å². The topological polar surface area (TPSA) is 42.0 Å². The lowest BCUT2D eigenvalue weighted by Gasteiger charge is -2.17. The van der Waals surface area contributed by atoms with Crippen LogP contribution >= 0.6 is 0 Å². The Morgan fingerprint density at radius 2 is 1.62 bits per heavy atom. The monoisotopic (exact) mass is 328 g/mol. The fraction of sp³-hybridized carbons (Fsp3) is 0.400. The molecule has 24 heavy (non-hydrogen) atoms. The zero-order chi connectivity index (χ0) is 17.9. The summed E-state index contributed by atoms with van der Waals surface area (Å²) >= 11 is 0. The molecule has 0 radical (unpaired) electrons. The van der Waals surface area contributed by atoms with Gasteiger partial charge < -0.3 is 5.32 Å². The number of halogens is 1. The molecule has 1 amide bonds. The van der Waals surface area contributed by atoms with Gasteiger partial charge in [-0.2, -0.15) is 0 Å². The van der Waals surface area contributed by atoms with Gasteiger partial charge in [0.2, 0.25) is 0 Å². The van der Waals surface area contributed by atoms with Gasteiger partial charge in [-0.05, 0) is 44.2 Å². The van der Waals surface area contributed by atoms with E-state index in [-0.39, 0.29) is 5.56 Å². The molecule has 0 fully saturated rings. The number of aromatic nitrogens is 1. The Bertz CT molecular complexity index is 746. The summed E-state index contributed by atoms with van der Waals surface area (Å²) in [5, 5.41) is 2.93. The number of hydrogen-bond acceptors (Lipinski definition) is 2. The molecule has 128 valence electrons. The molecular formula is C20H25FN2O. The van der Waals surface area contributed by atoms with E-state index in [1.54, 1.807) is 13.8 Å². The van der Waals surface area contributed by atoms with Crippen LogP contribution in [0.2, 0.25) is 0 Å². The second kappa shape index (κ2) is 7.56. The number of carbonyl (C=O) groups excluding carboxylic acids is 1. The van der Waals surface area contributed by atoms with Gasteiger partial charge in [0.15, 0.2) is 0 Å². The summed E-state index contributed by atoms with van der Waals surface area (Å²) in [6, 6.07) is 5.97. The number of aryl methyl sites for hydroxylation is 4. The number of carbonyl (C=O) groups is 1. The maximum Gasteiger partial charge on any atom is 0.260 e. The highest BCUT2D eigenvalue weighted by atomic mass is 19.1. The van der Waals surface area contributed by atoms with E-state index in [4.69, 9.17) is 0 Å². The maximum absolute atomic E-state index is 14.8. The average molecular weight is 328 g/mol. The summed E-state index contributed by atoms with van der Waals surface area (Å²) in [7, 11) is 0. The first-order valence-electron chi connectivity index (χ1n) is 8.52. The van der Waals surface area contributed by atoms with E-state index < -0.39 is 11.7 Å². The van der Waals surface area contributed by atoms with Crippen LogP contribution < -0.4 is 5.32 Å². The van der Waals surface area contributed by atoms with Gasteiger partial charge >= 0.3 is 0 Å². The average Bonchev–Trinajstić information content (AvgIpc) is 2.54. The Morgan fingerprint density at radius 3 is 2.12 bits per heavy atom. The van der Waals surface area contributed by atoms with Crippen molar-refractivity contribution in [3.63, 3.8) is 0 Å². The Morgan fingerprint density at radius 1 is 1.04 bits per heavy atom.